The molecule has 0 aromatic heterocycles. The lowest BCUT2D eigenvalue weighted by Gasteiger charge is -2.12. The lowest BCUT2D eigenvalue weighted by atomic mass is 9.95. The van der Waals surface area contributed by atoms with Crippen LogP contribution < -0.4 is 0 Å². The highest BCUT2D eigenvalue weighted by Gasteiger charge is 2.17. The maximum atomic E-state index is 13.1. The zero-order chi connectivity index (χ0) is 14.8. The van der Waals surface area contributed by atoms with Gasteiger partial charge in [-0.3, -0.25) is 4.79 Å². The van der Waals surface area contributed by atoms with Crippen molar-refractivity contribution in [2.45, 2.75) is 19.3 Å². The first-order valence-corrected chi connectivity index (χ1v) is 6.67. The molecule has 112 valence electrons. The Labute approximate surface area is 118 Å². The Morgan fingerprint density at radius 3 is 2.80 bits per heavy atom. The van der Waals surface area contributed by atoms with E-state index in [9.17, 15) is 14.3 Å². The summed E-state index contributed by atoms with van der Waals surface area (Å²) in [5, 5.41) is 9.19. The number of carboxylic acid groups (broad SMARTS) is 1. The summed E-state index contributed by atoms with van der Waals surface area (Å²) in [5.41, 5.74) is 0.706. The summed E-state index contributed by atoms with van der Waals surface area (Å²) >= 11 is 0. The molecule has 0 saturated heterocycles. The summed E-state index contributed by atoms with van der Waals surface area (Å²) in [6, 6.07) is 6.07. The van der Waals surface area contributed by atoms with Gasteiger partial charge in [-0.05, 0) is 37.0 Å². The van der Waals surface area contributed by atoms with Crippen LogP contribution in [0.25, 0.3) is 0 Å². The molecule has 0 fully saturated rings. The van der Waals surface area contributed by atoms with E-state index in [1.54, 1.807) is 19.2 Å². The van der Waals surface area contributed by atoms with E-state index in [0.29, 0.717) is 44.6 Å². The SMILES string of the molecule is COCCOCCCC(Cc1cccc(F)c1)C(=O)O. The van der Waals surface area contributed by atoms with Crippen LogP contribution in [0.2, 0.25) is 0 Å². The Hall–Kier alpha value is -1.46. The second-order valence-electron chi connectivity index (χ2n) is 4.62. The number of halogens is 1. The van der Waals surface area contributed by atoms with Crippen LogP contribution in [0.5, 0.6) is 0 Å². The molecule has 1 unspecified atom stereocenters. The zero-order valence-corrected chi connectivity index (χ0v) is 11.7. The molecule has 0 aliphatic carbocycles. The number of rotatable bonds is 10. The fourth-order valence-corrected chi connectivity index (χ4v) is 1.94. The molecule has 0 aliphatic heterocycles. The van der Waals surface area contributed by atoms with Crippen molar-refractivity contribution in [2.24, 2.45) is 5.92 Å². The average Bonchev–Trinajstić information content (AvgIpc) is 2.41. The minimum atomic E-state index is -0.855. The zero-order valence-electron chi connectivity index (χ0n) is 11.7. The van der Waals surface area contributed by atoms with Crippen molar-refractivity contribution in [1.82, 2.24) is 0 Å². The van der Waals surface area contributed by atoms with E-state index in [1.807, 2.05) is 0 Å². The number of carboxylic acids is 1. The van der Waals surface area contributed by atoms with Crippen molar-refractivity contribution in [1.29, 1.82) is 0 Å². The molecule has 0 radical (unpaired) electrons. The van der Waals surface area contributed by atoms with E-state index in [2.05, 4.69) is 0 Å². The van der Waals surface area contributed by atoms with Crippen LogP contribution in [-0.4, -0.2) is 38.0 Å². The number of methoxy groups -OCH3 is 1. The van der Waals surface area contributed by atoms with E-state index in [4.69, 9.17) is 9.47 Å². The first kappa shape index (κ1) is 16.6. The fraction of sp³-hybridized carbons (Fsp3) is 0.533. The van der Waals surface area contributed by atoms with Gasteiger partial charge in [0, 0.05) is 13.7 Å². The van der Waals surface area contributed by atoms with Crippen molar-refractivity contribution < 1.29 is 23.8 Å². The van der Waals surface area contributed by atoms with Crippen LogP contribution in [0, 0.1) is 11.7 Å². The molecular weight excluding hydrogens is 263 g/mol. The summed E-state index contributed by atoms with van der Waals surface area (Å²) in [6.07, 6.45) is 1.51. The first-order chi connectivity index (χ1) is 9.63. The minimum absolute atomic E-state index is 0.338. The number of benzene rings is 1. The number of carbonyl (C=O) groups is 1. The molecule has 0 spiro atoms. The third-order valence-electron chi connectivity index (χ3n) is 2.99. The topological polar surface area (TPSA) is 55.8 Å². The molecule has 1 rings (SSSR count). The van der Waals surface area contributed by atoms with Crippen LogP contribution in [0.1, 0.15) is 18.4 Å². The lowest BCUT2D eigenvalue weighted by molar-refractivity contribution is -0.142. The normalized spacial score (nSPS) is 12.3. The fourth-order valence-electron chi connectivity index (χ4n) is 1.94. The second kappa shape index (κ2) is 9.44. The van der Waals surface area contributed by atoms with Crippen molar-refractivity contribution in [3.63, 3.8) is 0 Å². The smallest absolute Gasteiger partial charge is 0.306 e. The molecule has 0 saturated carbocycles. The summed E-state index contributed by atoms with van der Waals surface area (Å²) in [6.45, 7) is 1.56. The monoisotopic (exact) mass is 284 g/mol. The van der Waals surface area contributed by atoms with Gasteiger partial charge in [-0.2, -0.15) is 0 Å². The number of hydrogen-bond donors (Lipinski definition) is 1. The van der Waals surface area contributed by atoms with Gasteiger partial charge in [-0.25, -0.2) is 4.39 Å². The van der Waals surface area contributed by atoms with E-state index < -0.39 is 11.9 Å². The van der Waals surface area contributed by atoms with Crippen molar-refractivity contribution >= 4 is 5.97 Å². The molecule has 0 heterocycles. The summed E-state index contributed by atoms with van der Waals surface area (Å²) < 4.78 is 23.2. The Morgan fingerprint density at radius 2 is 2.15 bits per heavy atom. The van der Waals surface area contributed by atoms with Crippen LogP contribution in [-0.2, 0) is 20.7 Å². The van der Waals surface area contributed by atoms with Gasteiger partial charge in [-0.15, -0.1) is 0 Å². The lowest BCUT2D eigenvalue weighted by Crippen LogP contribution is -2.17. The van der Waals surface area contributed by atoms with Crippen LogP contribution >= 0.6 is 0 Å². The van der Waals surface area contributed by atoms with Gasteiger partial charge < -0.3 is 14.6 Å². The highest BCUT2D eigenvalue weighted by molar-refractivity contribution is 5.70. The third-order valence-corrected chi connectivity index (χ3v) is 2.99. The van der Waals surface area contributed by atoms with Crippen LogP contribution in [0.4, 0.5) is 4.39 Å². The molecule has 0 aliphatic rings. The van der Waals surface area contributed by atoms with Crippen molar-refractivity contribution in [3.05, 3.63) is 35.6 Å². The highest BCUT2D eigenvalue weighted by atomic mass is 19.1. The van der Waals surface area contributed by atoms with Gasteiger partial charge in [-0.1, -0.05) is 12.1 Å². The van der Waals surface area contributed by atoms with Crippen LogP contribution in [0.3, 0.4) is 0 Å². The van der Waals surface area contributed by atoms with Gasteiger partial charge in [0.15, 0.2) is 0 Å². The summed E-state index contributed by atoms with van der Waals surface area (Å²) in [7, 11) is 1.60. The van der Waals surface area contributed by atoms with Gasteiger partial charge in [0.1, 0.15) is 5.82 Å². The van der Waals surface area contributed by atoms with Crippen molar-refractivity contribution in [2.75, 3.05) is 26.9 Å². The maximum absolute atomic E-state index is 13.1. The van der Waals surface area contributed by atoms with Gasteiger partial charge in [0.05, 0.1) is 19.1 Å². The molecule has 1 aromatic rings. The largest absolute Gasteiger partial charge is 0.481 e. The minimum Gasteiger partial charge on any atom is -0.481 e. The molecule has 1 aromatic carbocycles. The maximum Gasteiger partial charge on any atom is 0.306 e. The predicted octanol–water partition coefficient (Wildman–Crippen LogP) is 2.51. The number of ether oxygens (including phenoxy) is 2. The van der Waals surface area contributed by atoms with E-state index in [1.165, 1.54) is 12.1 Å². The predicted molar refractivity (Wildman–Crippen MR) is 73.2 cm³/mol. The molecule has 0 bridgehead atoms. The summed E-state index contributed by atoms with van der Waals surface area (Å²) in [4.78, 5) is 11.2. The molecule has 5 heteroatoms. The Balaban J connectivity index is 2.35. The average molecular weight is 284 g/mol. The van der Waals surface area contributed by atoms with E-state index >= 15 is 0 Å². The molecule has 1 atom stereocenters. The van der Waals surface area contributed by atoms with Gasteiger partial charge in [0.25, 0.3) is 0 Å². The Kier molecular flexibility index (Phi) is 7.84. The third kappa shape index (κ3) is 6.63. The quantitative estimate of drug-likeness (QED) is 0.671. The molecule has 1 N–H and O–H groups in total. The molecule has 20 heavy (non-hydrogen) atoms. The second-order valence-corrected chi connectivity index (χ2v) is 4.62. The van der Waals surface area contributed by atoms with E-state index in [-0.39, 0.29) is 5.82 Å². The first-order valence-electron chi connectivity index (χ1n) is 6.67. The Morgan fingerprint density at radius 1 is 1.35 bits per heavy atom. The van der Waals surface area contributed by atoms with Crippen LogP contribution in [0.15, 0.2) is 24.3 Å². The molecular formula is C15H21FO4. The number of hydrogen-bond acceptors (Lipinski definition) is 3. The van der Waals surface area contributed by atoms with Crippen molar-refractivity contribution in [3.8, 4) is 0 Å². The Bertz CT molecular complexity index is 409. The van der Waals surface area contributed by atoms with Gasteiger partial charge in [0.2, 0.25) is 0 Å². The number of aliphatic carboxylic acids is 1. The van der Waals surface area contributed by atoms with E-state index in [0.717, 1.165) is 0 Å². The molecule has 0 amide bonds. The summed E-state index contributed by atoms with van der Waals surface area (Å²) in [5.74, 6) is -1.71. The standard InChI is InChI=1S/C15H21FO4/c1-19-8-9-20-7-3-5-13(15(17)18)10-12-4-2-6-14(16)11-12/h2,4,6,11,13H,3,5,7-10H2,1H3,(H,17,18). The molecule has 4 nitrogen and oxygen atoms in total. The highest BCUT2D eigenvalue weighted by Crippen LogP contribution is 2.15. The van der Waals surface area contributed by atoms with Gasteiger partial charge >= 0.3 is 5.97 Å².